The summed E-state index contributed by atoms with van der Waals surface area (Å²) in [6.07, 6.45) is 0.931. The first-order valence-electron chi connectivity index (χ1n) is 6.08. The summed E-state index contributed by atoms with van der Waals surface area (Å²) in [5.74, 6) is 1.59. The summed E-state index contributed by atoms with van der Waals surface area (Å²) in [6, 6.07) is 11.1. The van der Waals surface area contributed by atoms with E-state index in [9.17, 15) is 0 Å². The molecule has 0 aliphatic heterocycles. The molecule has 1 nitrogen and oxygen atoms in total. The van der Waals surface area contributed by atoms with Crippen molar-refractivity contribution < 1.29 is 0 Å². The molecule has 0 spiro atoms. The molecule has 0 saturated heterocycles. The molecule has 92 valence electrons. The normalized spacial score (nSPS) is 11.5. The van der Waals surface area contributed by atoms with Crippen LogP contribution in [0.1, 0.15) is 45.6 Å². The summed E-state index contributed by atoms with van der Waals surface area (Å²) in [4.78, 5) is 1.29. The standard InChI is InChI=1S/C15H21NS/c1-12(2)13-5-7-14(8-6-13)17-10-9-15(3,4)11-16/h5-8,12H,9-10H2,1-4H3. The van der Waals surface area contributed by atoms with Gasteiger partial charge < -0.3 is 0 Å². The molecule has 17 heavy (non-hydrogen) atoms. The minimum absolute atomic E-state index is 0.203. The molecule has 0 N–H and O–H groups in total. The topological polar surface area (TPSA) is 23.8 Å². The van der Waals surface area contributed by atoms with Crippen molar-refractivity contribution in [1.82, 2.24) is 0 Å². The quantitative estimate of drug-likeness (QED) is 0.695. The largest absolute Gasteiger partial charge is 0.198 e. The summed E-state index contributed by atoms with van der Waals surface area (Å²) in [7, 11) is 0. The predicted octanol–water partition coefficient (Wildman–Crippen LogP) is 4.84. The van der Waals surface area contributed by atoms with Gasteiger partial charge in [-0.3, -0.25) is 0 Å². The summed E-state index contributed by atoms with van der Waals surface area (Å²) in [5, 5.41) is 8.93. The first kappa shape index (κ1) is 14.1. The number of nitrogens with zero attached hydrogens (tertiary/aromatic N) is 1. The van der Waals surface area contributed by atoms with E-state index in [2.05, 4.69) is 44.2 Å². The molecule has 2 heteroatoms. The molecule has 0 unspecified atom stereocenters. The third kappa shape index (κ3) is 4.83. The van der Waals surface area contributed by atoms with Crippen LogP contribution in [0.15, 0.2) is 29.2 Å². The number of rotatable bonds is 5. The fraction of sp³-hybridized carbons (Fsp3) is 0.533. The zero-order chi connectivity index (χ0) is 12.9. The highest BCUT2D eigenvalue weighted by molar-refractivity contribution is 7.99. The molecule has 0 fully saturated rings. The van der Waals surface area contributed by atoms with Crippen LogP contribution >= 0.6 is 11.8 Å². The molecule has 0 aliphatic rings. The fourth-order valence-corrected chi connectivity index (χ4v) is 2.61. The Morgan fingerprint density at radius 3 is 2.29 bits per heavy atom. The van der Waals surface area contributed by atoms with Gasteiger partial charge in [0.05, 0.1) is 11.5 Å². The van der Waals surface area contributed by atoms with E-state index in [1.807, 2.05) is 25.6 Å². The van der Waals surface area contributed by atoms with Crippen LogP contribution in [0.4, 0.5) is 0 Å². The van der Waals surface area contributed by atoms with E-state index in [0.29, 0.717) is 5.92 Å². The van der Waals surface area contributed by atoms with Crippen molar-refractivity contribution in [2.45, 2.75) is 44.9 Å². The second kappa shape index (κ2) is 6.12. The Labute approximate surface area is 109 Å². The van der Waals surface area contributed by atoms with Gasteiger partial charge in [0, 0.05) is 4.90 Å². The molecule has 1 aromatic rings. The highest BCUT2D eigenvalue weighted by Gasteiger charge is 2.15. The van der Waals surface area contributed by atoms with E-state index in [-0.39, 0.29) is 5.41 Å². The first-order chi connectivity index (χ1) is 7.94. The maximum atomic E-state index is 8.93. The maximum Gasteiger partial charge on any atom is 0.0684 e. The Bertz CT molecular complexity index is 384. The van der Waals surface area contributed by atoms with Crippen LogP contribution in [-0.2, 0) is 0 Å². The lowest BCUT2D eigenvalue weighted by Crippen LogP contribution is -2.08. The van der Waals surface area contributed by atoms with E-state index >= 15 is 0 Å². The van der Waals surface area contributed by atoms with Crippen LogP contribution < -0.4 is 0 Å². The summed E-state index contributed by atoms with van der Waals surface area (Å²) < 4.78 is 0. The Hall–Kier alpha value is -0.940. The molecular formula is C15H21NS. The van der Waals surface area contributed by atoms with Crippen LogP contribution in [0.3, 0.4) is 0 Å². The number of hydrogen-bond donors (Lipinski definition) is 0. The molecule has 0 radical (unpaired) electrons. The Morgan fingerprint density at radius 2 is 1.82 bits per heavy atom. The van der Waals surface area contributed by atoms with Crippen LogP contribution in [-0.4, -0.2) is 5.75 Å². The van der Waals surface area contributed by atoms with Gasteiger partial charge in [-0.25, -0.2) is 0 Å². The monoisotopic (exact) mass is 247 g/mol. The third-order valence-electron chi connectivity index (χ3n) is 2.85. The second-order valence-electron chi connectivity index (χ2n) is 5.32. The van der Waals surface area contributed by atoms with Crippen molar-refractivity contribution >= 4 is 11.8 Å². The lowest BCUT2D eigenvalue weighted by Gasteiger charge is -2.14. The smallest absolute Gasteiger partial charge is 0.0684 e. The number of thioether (sulfide) groups is 1. The van der Waals surface area contributed by atoms with Crippen LogP contribution in [0.5, 0.6) is 0 Å². The van der Waals surface area contributed by atoms with E-state index in [4.69, 9.17) is 5.26 Å². The van der Waals surface area contributed by atoms with E-state index in [0.717, 1.165) is 12.2 Å². The Kier molecular flexibility index (Phi) is 5.08. The summed E-state index contributed by atoms with van der Waals surface area (Å²) in [6.45, 7) is 8.40. The van der Waals surface area contributed by atoms with Crippen molar-refractivity contribution in [2.24, 2.45) is 5.41 Å². The number of hydrogen-bond acceptors (Lipinski definition) is 2. The molecule has 0 atom stereocenters. The molecule has 0 aromatic heterocycles. The van der Waals surface area contributed by atoms with Crippen molar-refractivity contribution in [3.05, 3.63) is 29.8 Å². The van der Waals surface area contributed by atoms with E-state index in [1.165, 1.54) is 10.5 Å². The second-order valence-corrected chi connectivity index (χ2v) is 6.49. The van der Waals surface area contributed by atoms with Crippen LogP contribution in [0.2, 0.25) is 0 Å². The van der Waals surface area contributed by atoms with E-state index in [1.54, 1.807) is 0 Å². The van der Waals surface area contributed by atoms with Gasteiger partial charge in [-0.2, -0.15) is 5.26 Å². The van der Waals surface area contributed by atoms with Crippen molar-refractivity contribution in [1.29, 1.82) is 5.26 Å². The Balaban J connectivity index is 2.46. The third-order valence-corrected chi connectivity index (χ3v) is 3.86. The van der Waals surface area contributed by atoms with Gasteiger partial charge in [0.25, 0.3) is 0 Å². The van der Waals surface area contributed by atoms with Gasteiger partial charge in [-0.05, 0) is 49.6 Å². The average Bonchev–Trinajstić information content (AvgIpc) is 2.29. The fourth-order valence-electron chi connectivity index (χ4n) is 1.43. The molecule has 1 aromatic carbocycles. The summed E-state index contributed by atoms with van der Waals surface area (Å²) >= 11 is 1.83. The van der Waals surface area contributed by atoms with Gasteiger partial charge in [0.1, 0.15) is 0 Å². The molecular weight excluding hydrogens is 226 g/mol. The molecule has 1 rings (SSSR count). The van der Waals surface area contributed by atoms with Gasteiger partial charge in [0.15, 0.2) is 0 Å². The zero-order valence-electron chi connectivity index (χ0n) is 11.2. The van der Waals surface area contributed by atoms with E-state index < -0.39 is 0 Å². The molecule has 0 aliphatic carbocycles. The van der Waals surface area contributed by atoms with Gasteiger partial charge in [-0.1, -0.05) is 26.0 Å². The molecule has 0 saturated carbocycles. The number of nitriles is 1. The van der Waals surface area contributed by atoms with Gasteiger partial charge in [0.2, 0.25) is 0 Å². The van der Waals surface area contributed by atoms with Crippen molar-refractivity contribution in [2.75, 3.05) is 5.75 Å². The number of benzene rings is 1. The zero-order valence-corrected chi connectivity index (χ0v) is 12.0. The maximum absolute atomic E-state index is 8.93. The van der Waals surface area contributed by atoms with Crippen LogP contribution in [0, 0.1) is 16.7 Å². The molecule has 0 amide bonds. The lowest BCUT2D eigenvalue weighted by molar-refractivity contribution is 0.482. The van der Waals surface area contributed by atoms with Gasteiger partial charge >= 0.3 is 0 Å². The minimum Gasteiger partial charge on any atom is -0.198 e. The summed E-state index contributed by atoms with van der Waals surface area (Å²) in [5.41, 5.74) is 1.18. The first-order valence-corrected chi connectivity index (χ1v) is 7.07. The lowest BCUT2D eigenvalue weighted by atomic mass is 9.93. The molecule has 0 bridgehead atoms. The Morgan fingerprint density at radius 1 is 1.24 bits per heavy atom. The highest BCUT2D eigenvalue weighted by Crippen LogP contribution is 2.26. The van der Waals surface area contributed by atoms with Crippen LogP contribution in [0.25, 0.3) is 0 Å². The average molecular weight is 247 g/mol. The SMILES string of the molecule is CC(C)c1ccc(SCCC(C)(C)C#N)cc1. The molecule has 0 heterocycles. The van der Waals surface area contributed by atoms with Crippen molar-refractivity contribution in [3.63, 3.8) is 0 Å². The van der Waals surface area contributed by atoms with Crippen molar-refractivity contribution in [3.8, 4) is 6.07 Å². The minimum atomic E-state index is -0.203. The highest BCUT2D eigenvalue weighted by atomic mass is 32.2. The van der Waals surface area contributed by atoms with Gasteiger partial charge in [-0.15, -0.1) is 11.8 Å². The predicted molar refractivity (Wildman–Crippen MR) is 75.3 cm³/mol.